The molecule has 2 rings (SSSR count). The molecule has 2 nitrogen and oxygen atoms in total. The molecule has 1 aliphatic rings. The van der Waals surface area contributed by atoms with Crippen LogP contribution in [0.4, 0.5) is 0 Å². The lowest BCUT2D eigenvalue weighted by Crippen LogP contribution is -2.04. The Morgan fingerprint density at radius 1 is 1.27 bits per heavy atom. The van der Waals surface area contributed by atoms with E-state index in [-0.39, 0.29) is 0 Å². The van der Waals surface area contributed by atoms with Crippen molar-refractivity contribution in [3.8, 4) is 0 Å². The van der Waals surface area contributed by atoms with Gasteiger partial charge < -0.3 is 4.42 Å². The highest BCUT2D eigenvalue weighted by Crippen LogP contribution is 2.30. The van der Waals surface area contributed by atoms with E-state index in [1.807, 2.05) is 0 Å². The predicted molar refractivity (Wildman–Crippen MR) is 93.7 cm³/mol. The van der Waals surface area contributed by atoms with Crippen LogP contribution in [-0.2, 0) is 0 Å². The molecule has 2 heteroatoms. The molecule has 0 N–H and O–H groups in total. The smallest absolute Gasteiger partial charge is 0.222 e. The molecule has 0 bridgehead atoms. The van der Waals surface area contributed by atoms with Crippen molar-refractivity contribution in [1.82, 2.24) is 4.98 Å². The zero-order valence-electron chi connectivity index (χ0n) is 14.9. The summed E-state index contributed by atoms with van der Waals surface area (Å²) in [5.74, 6) is 1.20. The van der Waals surface area contributed by atoms with Crippen molar-refractivity contribution in [1.29, 1.82) is 0 Å². The van der Waals surface area contributed by atoms with E-state index in [1.165, 1.54) is 17.6 Å². The summed E-state index contributed by atoms with van der Waals surface area (Å²) in [4.78, 5) is 4.65. The van der Waals surface area contributed by atoms with Crippen molar-refractivity contribution in [2.75, 3.05) is 0 Å². The minimum Gasteiger partial charge on any atom is -0.445 e. The average molecular weight is 299 g/mol. The minimum absolute atomic E-state index is 0.379. The molecular weight excluding hydrogens is 270 g/mol. The lowest BCUT2D eigenvalue weighted by Gasteiger charge is -2.17. The Morgan fingerprint density at radius 3 is 2.64 bits per heavy atom. The summed E-state index contributed by atoms with van der Waals surface area (Å²) >= 11 is 0. The molecule has 0 saturated heterocycles. The number of allylic oxidation sites excluding steroid dienone is 6. The number of rotatable bonds is 5. The molecular formula is C20H29NO. The van der Waals surface area contributed by atoms with Gasteiger partial charge in [-0.1, -0.05) is 52.8 Å². The fraction of sp³-hybridized carbons (Fsp3) is 0.550. The third-order valence-corrected chi connectivity index (χ3v) is 4.37. The van der Waals surface area contributed by atoms with E-state index in [0.717, 1.165) is 30.0 Å². The zero-order valence-corrected chi connectivity index (χ0v) is 14.9. The summed E-state index contributed by atoms with van der Waals surface area (Å²) in [6.07, 6.45) is 11.9. The van der Waals surface area contributed by atoms with Gasteiger partial charge in [-0.25, -0.2) is 4.98 Å². The van der Waals surface area contributed by atoms with Crippen molar-refractivity contribution in [2.24, 2.45) is 5.41 Å². The van der Waals surface area contributed by atoms with Crippen LogP contribution in [0.2, 0.25) is 0 Å². The van der Waals surface area contributed by atoms with Crippen molar-refractivity contribution in [2.45, 2.75) is 66.7 Å². The number of nitrogens with zero attached hydrogens (tertiary/aromatic N) is 1. The van der Waals surface area contributed by atoms with E-state index in [0.29, 0.717) is 11.3 Å². The normalized spacial score (nSPS) is 18.5. The summed E-state index contributed by atoms with van der Waals surface area (Å²) < 4.78 is 5.68. The molecule has 1 atom stereocenters. The van der Waals surface area contributed by atoms with Gasteiger partial charge >= 0.3 is 0 Å². The largest absolute Gasteiger partial charge is 0.445 e. The van der Waals surface area contributed by atoms with Gasteiger partial charge in [0, 0.05) is 11.5 Å². The number of hydrogen-bond acceptors (Lipinski definition) is 2. The molecule has 0 aliphatic heterocycles. The van der Waals surface area contributed by atoms with E-state index in [9.17, 15) is 0 Å². The van der Waals surface area contributed by atoms with Gasteiger partial charge in [0.2, 0.25) is 5.89 Å². The lowest BCUT2D eigenvalue weighted by molar-refractivity contribution is 0.379. The van der Waals surface area contributed by atoms with Gasteiger partial charge in [0.05, 0.1) is 5.69 Å². The first-order valence-corrected chi connectivity index (χ1v) is 8.35. The average Bonchev–Trinajstić information content (AvgIpc) is 3.12. The Hall–Kier alpha value is -1.57. The third kappa shape index (κ3) is 4.22. The van der Waals surface area contributed by atoms with Crippen LogP contribution in [0, 0.1) is 5.41 Å². The first kappa shape index (κ1) is 16.8. The summed E-state index contributed by atoms with van der Waals surface area (Å²) in [5, 5.41) is 0. The second-order valence-electron chi connectivity index (χ2n) is 7.58. The molecule has 1 aromatic rings. The standard InChI is InChI=1S/C20H29NO/c1-7-14(2)18-13-22-19(21-18)15(3)17-9-8-16(12-17)10-11-20(4,5)6/h8-9,12-14H,7,10-11H2,1-6H3. The zero-order chi connectivity index (χ0) is 16.3. The Morgan fingerprint density at radius 2 is 2.00 bits per heavy atom. The number of oxazole rings is 1. The fourth-order valence-corrected chi connectivity index (χ4v) is 2.42. The molecule has 1 aromatic heterocycles. The van der Waals surface area contributed by atoms with Crippen LogP contribution in [0.5, 0.6) is 0 Å². The van der Waals surface area contributed by atoms with Crippen LogP contribution in [0.25, 0.3) is 5.57 Å². The van der Waals surface area contributed by atoms with Gasteiger partial charge in [-0.15, -0.1) is 0 Å². The predicted octanol–water partition coefficient (Wildman–Crippen LogP) is 6.28. The van der Waals surface area contributed by atoms with Crippen molar-refractivity contribution >= 4 is 5.57 Å². The van der Waals surface area contributed by atoms with Crippen LogP contribution < -0.4 is 0 Å². The van der Waals surface area contributed by atoms with Crippen LogP contribution in [0.3, 0.4) is 0 Å². The lowest BCUT2D eigenvalue weighted by atomic mass is 9.89. The van der Waals surface area contributed by atoms with Gasteiger partial charge in [0.25, 0.3) is 0 Å². The highest BCUT2D eigenvalue weighted by Gasteiger charge is 2.15. The summed E-state index contributed by atoms with van der Waals surface area (Å²) in [6.45, 7) is 13.3. The molecule has 0 saturated carbocycles. The maximum Gasteiger partial charge on any atom is 0.222 e. The Labute approximate surface area is 135 Å². The van der Waals surface area contributed by atoms with Crippen molar-refractivity contribution in [3.63, 3.8) is 0 Å². The molecule has 0 amide bonds. The number of aromatic nitrogens is 1. The van der Waals surface area contributed by atoms with Crippen LogP contribution >= 0.6 is 0 Å². The molecule has 22 heavy (non-hydrogen) atoms. The maximum atomic E-state index is 5.68. The summed E-state index contributed by atoms with van der Waals surface area (Å²) in [6, 6.07) is 0. The first-order chi connectivity index (χ1) is 10.3. The van der Waals surface area contributed by atoms with E-state index in [2.05, 4.69) is 64.8 Å². The maximum absolute atomic E-state index is 5.68. The van der Waals surface area contributed by atoms with Gasteiger partial charge in [-0.3, -0.25) is 0 Å². The van der Waals surface area contributed by atoms with Crippen LogP contribution in [-0.4, -0.2) is 4.98 Å². The molecule has 0 fully saturated rings. The SMILES string of the molecule is CCC(C)c1coc(C(C)=C2C=CC(CCC(C)(C)C)=C2)n1. The second kappa shape index (κ2) is 6.68. The molecule has 0 aromatic carbocycles. The highest BCUT2D eigenvalue weighted by atomic mass is 16.3. The molecule has 120 valence electrons. The van der Waals surface area contributed by atoms with Crippen LogP contribution in [0.15, 0.2) is 40.1 Å². The second-order valence-corrected chi connectivity index (χ2v) is 7.58. The first-order valence-electron chi connectivity index (χ1n) is 8.35. The third-order valence-electron chi connectivity index (χ3n) is 4.37. The summed E-state index contributed by atoms with van der Waals surface area (Å²) in [7, 11) is 0. The Kier molecular flexibility index (Phi) is 5.10. The van der Waals surface area contributed by atoms with E-state index in [1.54, 1.807) is 6.26 Å². The molecule has 0 radical (unpaired) electrons. The summed E-state index contributed by atoms with van der Waals surface area (Å²) in [5.41, 5.74) is 5.18. The Balaban J connectivity index is 2.13. The van der Waals surface area contributed by atoms with E-state index >= 15 is 0 Å². The van der Waals surface area contributed by atoms with E-state index < -0.39 is 0 Å². The van der Waals surface area contributed by atoms with E-state index in [4.69, 9.17) is 4.42 Å². The van der Waals surface area contributed by atoms with Crippen LogP contribution in [0.1, 0.15) is 78.3 Å². The van der Waals surface area contributed by atoms with Crippen molar-refractivity contribution < 1.29 is 4.42 Å². The Bertz CT molecular complexity index is 608. The monoisotopic (exact) mass is 299 g/mol. The molecule has 1 aliphatic carbocycles. The molecule has 0 spiro atoms. The van der Waals surface area contributed by atoms with Gasteiger partial charge in [-0.05, 0) is 42.7 Å². The van der Waals surface area contributed by atoms with Gasteiger partial charge in [0.1, 0.15) is 6.26 Å². The topological polar surface area (TPSA) is 26.0 Å². The number of hydrogen-bond donors (Lipinski definition) is 0. The van der Waals surface area contributed by atoms with Crippen molar-refractivity contribution in [3.05, 3.63) is 47.2 Å². The quantitative estimate of drug-likeness (QED) is 0.639. The van der Waals surface area contributed by atoms with Gasteiger partial charge in [-0.2, -0.15) is 0 Å². The van der Waals surface area contributed by atoms with Gasteiger partial charge in [0.15, 0.2) is 0 Å². The molecule has 1 heterocycles. The highest BCUT2D eigenvalue weighted by molar-refractivity contribution is 5.70. The fourth-order valence-electron chi connectivity index (χ4n) is 2.42. The molecule has 1 unspecified atom stereocenters. The minimum atomic E-state index is 0.379.